The molecule has 6 heteroatoms. The Morgan fingerprint density at radius 2 is 1.70 bits per heavy atom. The zero-order chi connectivity index (χ0) is 19.2. The monoisotopic (exact) mass is 362 g/mol. The maximum absolute atomic E-state index is 12.6. The number of nitrogens with zero attached hydrogens (tertiary/aromatic N) is 3. The molecule has 0 fully saturated rings. The summed E-state index contributed by atoms with van der Waals surface area (Å²) in [5.74, 6) is 1.05. The van der Waals surface area contributed by atoms with Crippen molar-refractivity contribution < 1.29 is 9.53 Å². The van der Waals surface area contributed by atoms with Crippen LogP contribution in [0.15, 0.2) is 67.0 Å². The predicted molar refractivity (Wildman–Crippen MR) is 107 cm³/mol. The topological polar surface area (TPSA) is 67.3 Å². The number of hydrogen-bond donors (Lipinski definition) is 1. The maximum Gasteiger partial charge on any atom is 0.278 e. The molecule has 0 aliphatic rings. The number of nitrogens with one attached hydrogen (secondary N) is 1. The largest absolute Gasteiger partial charge is 0.489 e. The van der Waals surface area contributed by atoms with E-state index >= 15 is 0 Å². The summed E-state index contributed by atoms with van der Waals surface area (Å²) in [7, 11) is 1.71. The Kier molecular flexibility index (Phi) is 5.66. The van der Waals surface area contributed by atoms with Crippen LogP contribution in [0.4, 0.5) is 17.2 Å². The van der Waals surface area contributed by atoms with Gasteiger partial charge in [-0.2, -0.15) is 0 Å². The number of ether oxygens (including phenoxy) is 1. The lowest BCUT2D eigenvalue weighted by atomic mass is 10.2. The summed E-state index contributed by atoms with van der Waals surface area (Å²) in [6.07, 6.45) is 3.07. The number of anilines is 3. The molecule has 0 unspecified atom stereocenters. The average molecular weight is 362 g/mol. The van der Waals surface area contributed by atoms with Crippen LogP contribution in [0.25, 0.3) is 0 Å². The summed E-state index contributed by atoms with van der Waals surface area (Å²) in [6.45, 7) is 3.94. The van der Waals surface area contributed by atoms with E-state index in [-0.39, 0.29) is 17.7 Å². The number of aromatic nitrogens is 2. The molecule has 27 heavy (non-hydrogen) atoms. The van der Waals surface area contributed by atoms with Crippen molar-refractivity contribution in [1.82, 2.24) is 9.97 Å². The van der Waals surface area contributed by atoms with E-state index in [1.807, 2.05) is 68.4 Å². The quantitative estimate of drug-likeness (QED) is 0.709. The second-order valence-corrected chi connectivity index (χ2v) is 6.27. The summed E-state index contributed by atoms with van der Waals surface area (Å²) < 4.78 is 5.79. The van der Waals surface area contributed by atoms with Gasteiger partial charge in [0.05, 0.1) is 24.2 Å². The molecule has 3 rings (SSSR count). The maximum atomic E-state index is 12.6. The molecule has 0 atom stereocenters. The van der Waals surface area contributed by atoms with E-state index in [0.29, 0.717) is 5.82 Å². The predicted octanol–water partition coefficient (Wildman–Crippen LogP) is 4.28. The lowest BCUT2D eigenvalue weighted by Gasteiger charge is -2.17. The molecule has 1 N–H and O–H groups in total. The molecular formula is C21H22N4O2. The average Bonchev–Trinajstić information content (AvgIpc) is 2.69. The summed E-state index contributed by atoms with van der Waals surface area (Å²) >= 11 is 0. The van der Waals surface area contributed by atoms with Gasteiger partial charge in [0.25, 0.3) is 5.91 Å². The molecule has 0 aliphatic carbocycles. The van der Waals surface area contributed by atoms with Crippen molar-refractivity contribution in [3.05, 3.63) is 72.7 Å². The van der Waals surface area contributed by atoms with Crippen LogP contribution in [0, 0.1) is 0 Å². The Bertz CT molecular complexity index is 896. The first-order valence-corrected chi connectivity index (χ1v) is 8.72. The van der Waals surface area contributed by atoms with Crippen molar-refractivity contribution in [1.29, 1.82) is 0 Å². The van der Waals surface area contributed by atoms with Gasteiger partial charge in [0, 0.05) is 12.7 Å². The summed E-state index contributed by atoms with van der Waals surface area (Å²) in [4.78, 5) is 22.7. The summed E-state index contributed by atoms with van der Waals surface area (Å²) in [6, 6.07) is 17.0. The number of rotatable bonds is 6. The number of benzene rings is 2. The van der Waals surface area contributed by atoms with E-state index in [0.717, 1.165) is 17.1 Å². The SMILES string of the molecule is CC(C)Oc1ccccc1Nc1cnc(C(=O)N(C)c2ccccc2)cn1. The fourth-order valence-corrected chi connectivity index (χ4v) is 2.51. The Hall–Kier alpha value is -3.41. The molecule has 0 spiro atoms. The standard InChI is InChI=1S/C21H22N4O2/c1-15(2)27-19-12-8-7-11-17(19)24-20-14-22-18(13-23-20)21(26)25(3)16-9-5-4-6-10-16/h4-15H,1-3H3,(H,23,24). The zero-order valence-electron chi connectivity index (χ0n) is 15.6. The van der Waals surface area contributed by atoms with Gasteiger partial charge < -0.3 is 15.0 Å². The summed E-state index contributed by atoms with van der Waals surface area (Å²) in [5.41, 5.74) is 1.87. The fraction of sp³-hybridized carbons (Fsp3) is 0.190. The van der Waals surface area contributed by atoms with E-state index in [2.05, 4.69) is 15.3 Å². The van der Waals surface area contributed by atoms with E-state index in [1.165, 1.54) is 12.4 Å². The fourth-order valence-electron chi connectivity index (χ4n) is 2.51. The second-order valence-electron chi connectivity index (χ2n) is 6.27. The van der Waals surface area contributed by atoms with Crippen molar-refractivity contribution in [2.24, 2.45) is 0 Å². The van der Waals surface area contributed by atoms with Gasteiger partial charge in [0.2, 0.25) is 0 Å². The molecule has 0 bridgehead atoms. The highest BCUT2D eigenvalue weighted by atomic mass is 16.5. The molecule has 0 saturated carbocycles. The van der Waals surface area contributed by atoms with Crippen molar-refractivity contribution in [2.45, 2.75) is 20.0 Å². The van der Waals surface area contributed by atoms with Gasteiger partial charge in [-0.1, -0.05) is 30.3 Å². The molecular weight excluding hydrogens is 340 g/mol. The van der Waals surface area contributed by atoms with Gasteiger partial charge in [-0.15, -0.1) is 0 Å². The molecule has 6 nitrogen and oxygen atoms in total. The van der Waals surface area contributed by atoms with Gasteiger partial charge in [-0.05, 0) is 38.1 Å². The van der Waals surface area contributed by atoms with E-state index in [9.17, 15) is 4.79 Å². The zero-order valence-corrected chi connectivity index (χ0v) is 15.6. The first-order valence-electron chi connectivity index (χ1n) is 8.72. The highest BCUT2D eigenvalue weighted by molar-refractivity contribution is 6.04. The van der Waals surface area contributed by atoms with Gasteiger partial charge in [0.1, 0.15) is 17.3 Å². The first-order chi connectivity index (χ1) is 13.0. The minimum absolute atomic E-state index is 0.0626. The lowest BCUT2D eigenvalue weighted by molar-refractivity contribution is 0.0988. The number of para-hydroxylation sites is 3. The smallest absolute Gasteiger partial charge is 0.278 e. The van der Waals surface area contributed by atoms with Crippen LogP contribution in [0.1, 0.15) is 24.3 Å². The van der Waals surface area contributed by atoms with Crippen LogP contribution >= 0.6 is 0 Å². The van der Waals surface area contributed by atoms with Crippen LogP contribution < -0.4 is 15.0 Å². The number of carbonyl (C=O) groups is 1. The van der Waals surface area contributed by atoms with Crippen molar-refractivity contribution in [2.75, 3.05) is 17.3 Å². The third kappa shape index (κ3) is 4.61. The van der Waals surface area contributed by atoms with E-state index in [4.69, 9.17) is 4.74 Å². The first kappa shape index (κ1) is 18.4. The minimum Gasteiger partial charge on any atom is -0.489 e. The van der Waals surface area contributed by atoms with Gasteiger partial charge in [-0.3, -0.25) is 4.79 Å². The van der Waals surface area contributed by atoms with Crippen molar-refractivity contribution in [3.8, 4) is 5.75 Å². The van der Waals surface area contributed by atoms with Crippen LogP contribution in [0.5, 0.6) is 5.75 Å². The molecule has 1 aromatic heterocycles. The van der Waals surface area contributed by atoms with Gasteiger partial charge >= 0.3 is 0 Å². The van der Waals surface area contributed by atoms with Crippen LogP contribution in [0.2, 0.25) is 0 Å². The third-order valence-corrected chi connectivity index (χ3v) is 3.83. The lowest BCUT2D eigenvalue weighted by Crippen LogP contribution is -2.27. The molecule has 3 aromatic rings. The van der Waals surface area contributed by atoms with Crippen LogP contribution in [-0.2, 0) is 0 Å². The molecule has 2 aromatic carbocycles. The molecule has 0 aliphatic heterocycles. The van der Waals surface area contributed by atoms with Crippen LogP contribution in [0.3, 0.4) is 0 Å². The third-order valence-electron chi connectivity index (χ3n) is 3.83. The Labute approximate surface area is 158 Å². The molecule has 138 valence electrons. The Morgan fingerprint density at radius 1 is 1.00 bits per heavy atom. The minimum atomic E-state index is -0.219. The van der Waals surface area contributed by atoms with E-state index in [1.54, 1.807) is 11.9 Å². The Morgan fingerprint density at radius 3 is 2.37 bits per heavy atom. The number of hydrogen-bond acceptors (Lipinski definition) is 5. The number of amides is 1. The number of carbonyl (C=O) groups excluding carboxylic acids is 1. The molecule has 0 radical (unpaired) electrons. The molecule has 1 amide bonds. The van der Waals surface area contributed by atoms with Crippen molar-refractivity contribution >= 4 is 23.1 Å². The normalized spacial score (nSPS) is 10.5. The Balaban J connectivity index is 1.74. The van der Waals surface area contributed by atoms with Crippen molar-refractivity contribution in [3.63, 3.8) is 0 Å². The van der Waals surface area contributed by atoms with E-state index < -0.39 is 0 Å². The molecule has 0 saturated heterocycles. The van der Waals surface area contributed by atoms with Gasteiger partial charge in [-0.25, -0.2) is 9.97 Å². The highest BCUT2D eigenvalue weighted by Crippen LogP contribution is 2.27. The summed E-state index contributed by atoms with van der Waals surface area (Å²) in [5, 5.41) is 3.18. The van der Waals surface area contributed by atoms with Gasteiger partial charge in [0.15, 0.2) is 0 Å². The molecule has 1 heterocycles. The second kappa shape index (κ2) is 8.31. The van der Waals surface area contributed by atoms with Crippen LogP contribution in [-0.4, -0.2) is 29.0 Å². The highest BCUT2D eigenvalue weighted by Gasteiger charge is 2.15.